The van der Waals surface area contributed by atoms with Crippen LogP contribution in [-0.2, 0) is 13.0 Å². The topological polar surface area (TPSA) is 64.6 Å². The van der Waals surface area contributed by atoms with Gasteiger partial charge in [0.25, 0.3) is 0 Å². The fourth-order valence-electron chi connectivity index (χ4n) is 3.13. The van der Waals surface area contributed by atoms with Gasteiger partial charge in [0.2, 0.25) is 0 Å². The molecule has 1 aliphatic carbocycles. The Kier molecular flexibility index (Phi) is 6.86. The molecule has 2 rings (SSSR count). The molecule has 1 aliphatic rings. The molecule has 1 aromatic carbocycles. The molecule has 0 spiro atoms. The van der Waals surface area contributed by atoms with Crippen LogP contribution in [0.2, 0.25) is 0 Å². The average molecular weight is 319 g/mol. The zero-order valence-electron chi connectivity index (χ0n) is 14.2. The van der Waals surface area contributed by atoms with Gasteiger partial charge < -0.3 is 20.6 Å². The van der Waals surface area contributed by atoms with Crippen molar-refractivity contribution in [2.75, 3.05) is 20.6 Å². The van der Waals surface area contributed by atoms with Crippen molar-refractivity contribution < 1.29 is 9.90 Å². The minimum absolute atomic E-state index is 0.0657. The summed E-state index contributed by atoms with van der Waals surface area (Å²) in [5, 5.41) is 15.1. The van der Waals surface area contributed by atoms with Crippen LogP contribution in [0.3, 0.4) is 0 Å². The highest BCUT2D eigenvalue weighted by Crippen LogP contribution is 2.21. The maximum absolute atomic E-state index is 12.0. The third-order valence-corrected chi connectivity index (χ3v) is 4.62. The summed E-state index contributed by atoms with van der Waals surface area (Å²) >= 11 is 0. The molecule has 1 saturated carbocycles. The van der Waals surface area contributed by atoms with E-state index in [9.17, 15) is 4.79 Å². The fraction of sp³-hybridized carbons (Fsp3) is 0.611. The van der Waals surface area contributed by atoms with E-state index in [1.807, 2.05) is 24.3 Å². The zero-order valence-corrected chi connectivity index (χ0v) is 14.2. The van der Waals surface area contributed by atoms with Crippen LogP contribution in [0.4, 0.5) is 4.79 Å². The second-order valence-electron chi connectivity index (χ2n) is 6.61. The van der Waals surface area contributed by atoms with Crippen LogP contribution in [0.25, 0.3) is 0 Å². The molecule has 2 atom stereocenters. The lowest BCUT2D eigenvalue weighted by Gasteiger charge is -2.33. The van der Waals surface area contributed by atoms with Crippen LogP contribution in [0.15, 0.2) is 24.3 Å². The molecule has 0 radical (unpaired) electrons. The van der Waals surface area contributed by atoms with Crippen molar-refractivity contribution in [2.45, 2.75) is 50.8 Å². The summed E-state index contributed by atoms with van der Waals surface area (Å²) in [6.45, 7) is 0.685. The zero-order chi connectivity index (χ0) is 16.7. The Balaban J connectivity index is 1.68. The largest absolute Gasteiger partial charge is 0.392 e. The summed E-state index contributed by atoms with van der Waals surface area (Å²) in [4.78, 5) is 14.3. The molecule has 0 saturated heterocycles. The van der Waals surface area contributed by atoms with Crippen LogP contribution >= 0.6 is 0 Å². The van der Waals surface area contributed by atoms with Gasteiger partial charge in [-0.1, -0.05) is 24.3 Å². The lowest BCUT2D eigenvalue weighted by atomic mass is 9.90. The maximum Gasteiger partial charge on any atom is 0.315 e. The van der Waals surface area contributed by atoms with Crippen LogP contribution < -0.4 is 10.6 Å². The molecule has 2 unspecified atom stereocenters. The number of benzene rings is 1. The standard InChI is InChI=1S/C18H29N3O2/c1-21(2)17-5-3-4-16(12-17)20-18(23)19-11-10-14-6-8-15(13-22)9-7-14/h6-9,16-17,22H,3-5,10-13H2,1-2H3,(H2,19,20,23). The second-order valence-corrected chi connectivity index (χ2v) is 6.61. The van der Waals surface area contributed by atoms with E-state index in [2.05, 4.69) is 29.6 Å². The summed E-state index contributed by atoms with van der Waals surface area (Å²) in [6, 6.07) is 8.60. The number of aliphatic hydroxyl groups excluding tert-OH is 1. The lowest BCUT2D eigenvalue weighted by Crippen LogP contribution is -2.47. The van der Waals surface area contributed by atoms with Gasteiger partial charge in [0.05, 0.1) is 6.61 Å². The van der Waals surface area contributed by atoms with E-state index in [0.717, 1.165) is 30.4 Å². The normalized spacial score (nSPS) is 21.2. The molecule has 5 nitrogen and oxygen atoms in total. The smallest absolute Gasteiger partial charge is 0.315 e. The van der Waals surface area contributed by atoms with E-state index in [1.54, 1.807) is 0 Å². The summed E-state index contributed by atoms with van der Waals surface area (Å²) in [7, 11) is 4.21. The first-order chi connectivity index (χ1) is 11.1. The number of carbonyl (C=O) groups excluding carboxylic acids is 1. The van der Waals surface area contributed by atoms with E-state index < -0.39 is 0 Å². The second kappa shape index (κ2) is 8.89. The molecule has 5 heteroatoms. The summed E-state index contributed by atoms with van der Waals surface area (Å²) in [5.41, 5.74) is 2.07. The van der Waals surface area contributed by atoms with Crippen molar-refractivity contribution in [1.82, 2.24) is 15.5 Å². The molecule has 23 heavy (non-hydrogen) atoms. The van der Waals surface area contributed by atoms with Gasteiger partial charge in [-0.05, 0) is 57.3 Å². The van der Waals surface area contributed by atoms with Gasteiger partial charge in [-0.3, -0.25) is 0 Å². The first-order valence-corrected chi connectivity index (χ1v) is 8.48. The Morgan fingerprint density at radius 2 is 1.91 bits per heavy atom. The summed E-state index contributed by atoms with van der Waals surface area (Å²) < 4.78 is 0. The van der Waals surface area contributed by atoms with Crippen molar-refractivity contribution >= 4 is 6.03 Å². The molecule has 0 aliphatic heterocycles. The van der Waals surface area contributed by atoms with Crippen molar-refractivity contribution in [2.24, 2.45) is 0 Å². The SMILES string of the molecule is CN(C)C1CCCC(NC(=O)NCCc2ccc(CO)cc2)C1. The van der Waals surface area contributed by atoms with E-state index >= 15 is 0 Å². The highest BCUT2D eigenvalue weighted by Gasteiger charge is 2.24. The van der Waals surface area contributed by atoms with Crippen LogP contribution in [0.5, 0.6) is 0 Å². The van der Waals surface area contributed by atoms with Gasteiger partial charge in [-0.2, -0.15) is 0 Å². The fourth-order valence-corrected chi connectivity index (χ4v) is 3.13. The van der Waals surface area contributed by atoms with Gasteiger partial charge >= 0.3 is 6.03 Å². The average Bonchev–Trinajstić information content (AvgIpc) is 2.55. The number of carbonyl (C=O) groups is 1. The monoisotopic (exact) mass is 319 g/mol. The Hall–Kier alpha value is -1.59. The van der Waals surface area contributed by atoms with Crippen LogP contribution in [-0.4, -0.2) is 48.8 Å². The lowest BCUT2D eigenvalue weighted by molar-refractivity contribution is 0.193. The van der Waals surface area contributed by atoms with Crippen molar-refractivity contribution in [3.05, 3.63) is 35.4 Å². The summed E-state index contributed by atoms with van der Waals surface area (Å²) in [5.74, 6) is 0. The van der Waals surface area contributed by atoms with Gasteiger partial charge in [-0.25, -0.2) is 4.79 Å². The molecular formula is C18H29N3O2. The molecule has 0 aromatic heterocycles. The van der Waals surface area contributed by atoms with E-state index in [0.29, 0.717) is 12.6 Å². The molecule has 1 fully saturated rings. The third kappa shape index (κ3) is 5.84. The Morgan fingerprint density at radius 1 is 1.22 bits per heavy atom. The van der Waals surface area contributed by atoms with Crippen LogP contribution in [0.1, 0.15) is 36.8 Å². The maximum atomic E-state index is 12.0. The minimum Gasteiger partial charge on any atom is -0.392 e. The van der Waals surface area contributed by atoms with Gasteiger partial charge in [-0.15, -0.1) is 0 Å². The Morgan fingerprint density at radius 3 is 2.57 bits per heavy atom. The molecule has 1 aromatic rings. The molecular weight excluding hydrogens is 290 g/mol. The highest BCUT2D eigenvalue weighted by atomic mass is 16.3. The number of nitrogens with one attached hydrogen (secondary N) is 2. The molecule has 2 amide bonds. The summed E-state index contributed by atoms with van der Waals surface area (Å²) in [6.07, 6.45) is 5.29. The van der Waals surface area contributed by atoms with Crippen molar-refractivity contribution in [3.8, 4) is 0 Å². The first kappa shape index (κ1) is 17.8. The number of hydrogen-bond donors (Lipinski definition) is 3. The van der Waals surface area contributed by atoms with Gasteiger partial charge in [0.1, 0.15) is 0 Å². The molecule has 0 heterocycles. The highest BCUT2D eigenvalue weighted by molar-refractivity contribution is 5.74. The third-order valence-electron chi connectivity index (χ3n) is 4.62. The van der Waals surface area contributed by atoms with E-state index in [4.69, 9.17) is 5.11 Å². The first-order valence-electron chi connectivity index (χ1n) is 8.48. The quantitative estimate of drug-likeness (QED) is 0.750. The van der Waals surface area contributed by atoms with Gasteiger partial charge in [0.15, 0.2) is 0 Å². The number of urea groups is 1. The number of hydrogen-bond acceptors (Lipinski definition) is 3. The Labute approximate surface area is 139 Å². The van der Waals surface area contributed by atoms with Crippen LogP contribution in [0, 0.1) is 0 Å². The van der Waals surface area contributed by atoms with Crippen molar-refractivity contribution in [1.29, 1.82) is 0 Å². The minimum atomic E-state index is -0.0682. The molecule has 128 valence electrons. The van der Waals surface area contributed by atoms with Crippen molar-refractivity contribution in [3.63, 3.8) is 0 Å². The Bertz CT molecular complexity index is 488. The number of rotatable bonds is 6. The number of nitrogens with zero attached hydrogens (tertiary/aromatic N) is 1. The molecule has 0 bridgehead atoms. The number of amides is 2. The predicted molar refractivity (Wildman–Crippen MR) is 92.3 cm³/mol. The van der Waals surface area contributed by atoms with E-state index in [1.165, 1.54) is 12.8 Å². The van der Waals surface area contributed by atoms with E-state index in [-0.39, 0.29) is 18.7 Å². The number of aliphatic hydroxyl groups is 1. The predicted octanol–water partition coefficient (Wildman–Crippen LogP) is 1.89. The van der Waals surface area contributed by atoms with Gasteiger partial charge in [0, 0.05) is 18.6 Å². The molecule has 3 N–H and O–H groups in total.